The van der Waals surface area contributed by atoms with Crippen LogP contribution in [0.25, 0.3) is 0 Å². The number of carboxylic acid groups (broad SMARTS) is 1. The van der Waals surface area contributed by atoms with Gasteiger partial charge in [-0.3, -0.25) is 9.69 Å². The molecule has 2 unspecified atom stereocenters. The van der Waals surface area contributed by atoms with Crippen LogP contribution in [0.15, 0.2) is 0 Å². The van der Waals surface area contributed by atoms with Crippen molar-refractivity contribution in [3.05, 3.63) is 0 Å². The minimum absolute atomic E-state index is 0.0952. The maximum Gasteiger partial charge on any atom is 0.406 e. The molecule has 1 aliphatic rings. The van der Waals surface area contributed by atoms with Gasteiger partial charge in [0.15, 0.2) is 5.41 Å². The smallest absolute Gasteiger partial charge is 0.406 e. The van der Waals surface area contributed by atoms with Crippen LogP contribution in [0.2, 0.25) is 0 Å². The third-order valence-electron chi connectivity index (χ3n) is 3.83. The van der Waals surface area contributed by atoms with Gasteiger partial charge in [0, 0.05) is 26.2 Å². The van der Waals surface area contributed by atoms with E-state index in [1.54, 1.807) is 4.90 Å². The van der Waals surface area contributed by atoms with E-state index in [1.165, 1.54) is 7.11 Å². The van der Waals surface area contributed by atoms with Crippen LogP contribution < -0.4 is 0 Å². The molecule has 2 atom stereocenters. The lowest BCUT2D eigenvalue weighted by molar-refractivity contribution is -0.228. The zero-order chi connectivity index (χ0) is 14.8. The van der Waals surface area contributed by atoms with Gasteiger partial charge in [-0.15, -0.1) is 0 Å². The van der Waals surface area contributed by atoms with Crippen LogP contribution in [0.1, 0.15) is 20.3 Å². The average Bonchev–Trinajstić information content (AvgIpc) is 2.70. The fourth-order valence-electron chi connectivity index (χ4n) is 2.54. The summed E-state index contributed by atoms with van der Waals surface area (Å²) in [6.07, 6.45) is -5.14. The van der Waals surface area contributed by atoms with E-state index in [-0.39, 0.29) is 18.5 Å². The van der Waals surface area contributed by atoms with Crippen molar-refractivity contribution >= 4 is 5.97 Å². The summed E-state index contributed by atoms with van der Waals surface area (Å²) < 4.78 is 44.2. The van der Waals surface area contributed by atoms with Gasteiger partial charge >= 0.3 is 12.1 Å². The topological polar surface area (TPSA) is 49.8 Å². The molecular weight excluding hydrogens is 263 g/mol. The van der Waals surface area contributed by atoms with Gasteiger partial charge in [0.2, 0.25) is 0 Å². The van der Waals surface area contributed by atoms with Gasteiger partial charge in [0.1, 0.15) is 0 Å². The Morgan fingerprint density at radius 2 is 2.05 bits per heavy atom. The Bertz CT molecular complexity index is 333. The van der Waals surface area contributed by atoms with E-state index in [0.717, 1.165) is 0 Å². The fourth-order valence-corrected chi connectivity index (χ4v) is 2.54. The number of halogens is 3. The van der Waals surface area contributed by atoms with Crippen molar-refractivity contribution in [1.82, 2.24) is 4.90 Å². The molecule has 0 radical (unpaired) electrons. The van der Waals surface area contributed by atoms with E-state index in [0.29, 0.717) is 6.61 Å². The van der Waals surface area contributed by atoms with Crippen molar-refractivity contribution in [2.75, 3.05) is 26.8 Å². The molecule has 112 valence electrons. The summed E-state index contributed by atoms with van der Waals surface area (Å²) in [4.78, 5) is 12.7. The van der Waals surface area contributed by atoms with Crippen LogP contribution in [0.4, 0.5) is 13.2 Å². The highest BCUT2D eigenvalue weighted by molar-refractivity contribution is 5.76. The first kappa shape index (κ1) is 16.2. The van der Waals surface area contributed by atoms with Crippen LogP contribution in [-0.4, -0.2) is 55.0 Å². The summed E-state index contributed by atoms with van der Waals surface area (Å²) in [5.41, 5.74) is -2.64. The van der Waals surface area contributed by atoms with Crippen molar-refractivity contribution in [2.24, 2.45) is 11.3 Å². The minimum atomic E-state index is -4.73. The number of nitrogens with zero attached hydrogens (tertiary/aromatic N) is 1. The highest BCUT2D eigenvalue weighted by atomic mass is 19.4. The largest absolute Gasteiger partial charge is 0.481 e. The normalized spacial score (nSPS) is 26.9. The number of likely N-dealkylation sites (tertiary alicyclic amines) is 1. The van der Waals surface area contributed by atoms with E-state index in [4.69, 9.17) is 9.84 Å². The molecule has 0 spiro atoms. The van der Waals surface area contributed by atoms with Crippen LogP contribution in [0.5, 0.6) is 0 Å². The van der Waals surface area contributed by atoms with E-state index >= 15 is 0 Å². The van der Waals surface area contributed by atoms with Crippen molar-refractivity contribution in [2.45, 2.75) is 32.5 Å². The predicted molar refractivity (Wildman–Crippen MR) is 62.8 cm³/mol. The quantitative estimate of drug-likeness (QED) is 0.838. The first-order chi connectivity index (χ1) is 8.65. The highest BCUT2D eigenvalue weighted by Crippen LogP contribution is 2.46. The molecule has 0 saturated carbocycles. The SMILES string of the molecule is COCC(C(C)C)N1CCC(C(=O)O)(C(F)(F)F)C1. The van der Waals surface area contributed by atoms with Gasteiger partial charge in [0.25, 0.3) is 0 Å². The second-order valence-corrected chi connectivity index (χ2v) is 5.37. The molecule has 1 heterocycles. The van der Waals surface area contributed by atoms with E-state index in [2.05, 4.69) is 0 Å². The third kappa shape index (κ3) is 3.02. The second-order valence-electron chi connectivity index (χ2n) is 5.37. The van der Waals surface area contributed by atoms with E-state index in [9.17, 15) is 18.0 Å². The van der Waals surface area contributed by atoms with Gasteiger partial charge < -0.3 is 9.84 Å². The number of carboxylic acids is 1. The Kier molecular flexibility index (Phi) is 4.84. The van der Waals surface area contributed by atoms with Crippen molar-refractivity contribution in [3.63, 3.8) is 0 Å². The number of rotatable bonds is 5. The highest BCUT2D eigenvalue weighted by Gasteiger charge is 2.64. The summed E-state index contributed by atoms with van der Waals surface area (Å²) in [7, 11) is 1.49. The van der Waals surface area contributed by atoms with Crippen molar-refractivity contribution < 1.29 is 27.8 Å². The summed E-state index contributed by atoms with van der Waals surface area (Å²) in [5, 5.41) is 8.99. The molecule has 1 fully saturated rings. The molecule has 0 aliphatic carbocycles. The molecule has 0 amide bonds. The summed E-state index contributed by atoms with van der Waals surface area (Å²) in [5.74, 6) is -1.69. The van der Waals surface area contributed by atoms with E-state index in [1.807, 2.05) is 13.8 Å². The molecule has 19 heavy (non-hydrogen) atoms. The second kappa shape index (κ2) is 5.66. The van der Waals surface area contributed by atoms with Crippen LogP contribution in [0.3, 0.4) is 0 Å². The van der Waals surface area contributed by atoms with Crippen molar-refractivity contribution in [3.8, 4) is 0 Å². The molecule has 1 aliphatic heterocycles. The molecule has 0 aromatic heterocycles. The number of alkyl halides is 3. The van der Waals surface area contributed by atoms with Gasteiger partial charge in [-0.05, 0) is 12.3 Å². The molecule has 7 heteroatoms. The van der Waals surface area contributed by atoms with Gasteiger partial charge in [0.05, 0.1) is 6.61 Å². The standard InChI is InChI=1S/C12H20F3NO3/c1-8(2)9(6-19-3)16-5-4-11(7-16,10(17)18)12(13,14)15/h8-9H,4-7H2,1-3H3,(H,17,18). The average molecular weight is 283 g/mol. The summed E-state index contributed by atoms with van der Waals surface area (Å²) in [6.45, 7) is 3.69. The third-order valence-corrected chi connectivity index (χ3v) is 3.83. The number of aliphatic carboxylic acids is 1. The first-order valence-electron chi connectivity index (χ1n) is 6.19. The predicted octanol–water partition coefficient (Wildman–Crippen LogP) is 2.00. The number of methoxy groups -OCH3 is 1. The Balaban J connectivity index is 2.93. The molecule has 0 aromatic rings. The van der Waals surface area contributed by atoms with Crippen LogP contribution in [-0.2, 0) is 9.53 Å². The van der Waals surface area contributed by atoms with Gasteiger partial charge in [-0.1, -0.05) is 13.8 Å². The van der Waals surface area contributed by atoms with Gasteiger partial charge in [-0.25, -0.2) is 0 Å². The van der Waals surface area contributed by atoms with Crippen molar-refractivity contribution in [1.29, 1.82) is 0 Å². The Morgan fingerprint density at radius 3 is 2.37 bits per heavy atom. The Morgan fingerprint density at radius 1 is 1.47 bits per heavy atom. The minimum Gasteiger partial charge on any atom is -0.481 e. The van der Waals surface area contributed by atoms with Crippen LogP contribution in [0, 0.1) is 11.3 Å². The molecule has 0 bridgehead atoms. The molecule has 1 rings (SSSR count). The van der Waals surface area contributed by atoms with E-state index < -0.39 is 30.5 Å². The lowest BCUT2D eigenvalue weighted by Gasteiger charge is -2.32. The number of ether oxygens (including phenoxy) is 1. The lowest BCUT2D eigenvalue weighted by atomic mass is 9.86. The maximum absolute atomic E-state index is 13.1. The molecule has 1 N–H and O–H groups in total. The number of hydrogen-bond donors (Lipinski definition) is 1. The Hall–Kier alpha value is -0.820. The Labute approximate surface area is 110 Å². The number of hydrogen-bond acceptors (Lipinski definition) is 3. The van der Waals surface area contributed by atoms with Gasteiger partial charge in [-0.2, -0.15) is 13.2 Å². The molecule has 1 saturated heterocycles. The first-order valence-corrected chi connectivity index (χ1v) is 6.19. The number of carbonyl (C=O) groups is 1. The van der Waals surface area contributed by atoms with Crippen LogP contribution >= 0.6 is 0 Å². The summed E-state index contributed by atoms with van der Waals surface area (Å²) >= 11 is 0. The lowest BCUT2D eigenvalue weighted by Crippen LogP contribution is -2.49. The fraction of sp³-hybridized carbons (Fsp3) is 0.917. The zero-order valence-corrected chi connectivity index (χ0v) is 11.3. The maximum atomic E-state index is 13.1. The monoisotopic (exact) mass is 283 g/mol. The summed E-state index contributed by atoms with van der Waals surface area (Å²) in [6, 6.07) is -0.200. The zero-order valence-electron chi connectivity index (χ0n) is 11.3. The molecular formula is C12H20F3NO3. The molecule has 0 aromatic carbocycles. The molecule has 4 nitrogen and oxygen atoms in total.